The Hall–Kier alpha value is -6.07. The van der Waals surface area contributed by atoms with Crippen LogP contribution in [0.2, 0.25) is 5.02 Å². The van der Waals surface area contributed by atoms with Crippen LogP contribution in [-0.2, 0) is 23.7 Å². The third kappa shape index (κ3) is 10.2. The Balaban J connectivity index is 0.712. The third-order valence-electron chi connectivity index (χ3n) is 13.5. The fraction of sp³-hybridized carbons (Fsp3) is 0.438. The fourth-order valence-electron chi connectivity index (χ4n) is 9.37. The quantitative estimate of drug-likeness (QED) is 0.0744. The second-order valence-electron chi connectivity index (χ2n) is 18.5. The Morgan fingerprint density at radius 2 is 1.65 bits per heavy atom. The van der Waals surface area contributed by atoms with E-state index in [-0.39, 0.29) is 60.9 Å². The first-order chi connectivity index (χ1) is 32.7. The molecule has 0 radical (unpaired) electrons. The standard InChI is InChI=1S/C48H55ClN9O9P/c1-65-38-25-31(11-12-34(38)52-47-50-26-33(49)43(54-47)51-35-8-4-5-10-39(35)68(2,3)64)56-19-15-30(16-20-56)57-23-21-55(22-24-57)27-41(60)67-29-48(17-18-48)28-66-37-9-6-7-32-42(37)46(63)58(45(32)62)36-13-14-40(59)53-44(36)61/h4-12,25-26,30,36H,13-24,27-29H2,1-3H3,(H,53,59,61)(H2,50,51,52,54). The number of amides is 4. The van der Waals surface area contributed by atoms with E-state index in [9.17, 15) is 28.5 Å². The molecule has 3 aromatic carbocycles. The molecule has 5 aliphatic rings. The van der Waals surface area contributed by atoms with Crippen molar-refractivity contribution in [3.8, 4) is 11.5 Å². The lowest BCUT2D eigenvalue weighted by molar-refractivity contribution is -0.147. The van der Waals surface area contributed by atoms with Crippen molar-refractivity contribution in [2.45, 2.75) is 50.6 Å². The van der Waals surface area contributed by atoms with Gasteiger partial charge in [-0.15, -0.1) is 0 Å². The van der Waals surface area contributed by atoms with Crippen molar-refractivity contribution < 1.29 is 42.7 Å². The molecule has 68 heavy (non-hydrogen) atoms. The number of anilines is 5. The summed E-state index contributed by atoms with van der Waals surface area (Å²) < 4.78 is 30.7. The zero-order valence-electron chi connectivity index (χ0n) is 38.3. The van der Waals surface area contributed by atoms with Crippen LogP contribution in [0, 0.1) is 5.41 Å². The van der Waals surface area contributed by atoms with Gasteiger partial charge in [0, 0.05) is 74.2 Å². The van der Waals surface area contributed by atoms with Crippen molar-refractivity contribution in [3.63, 3.8) is 0 Å². The first-order valence-corrected chi connectivity index (χ1v) is 25.9. The second-order valence-corrected chi connectivity index (χ2v) is 22.1. The maximum Gasteiger partial charge on any atom is 0.320 e. The van der Waals surface area contributed by atoms with Gasteiger partial charge in [-0.1, -0.05) is 29.8 Å². The van der Waals surface area contributed by atoms with Crippen LogP contribution >= 0.6 is 18.7 Å². The van der Waals surface area contributed by atoms with Crippen LogP contribution < -0.4 is 35.6 Å². The zero-order valence-corrected chi connectivity index (χ0v) is 39.9. The highest BCUT2D eigenvalue weighted by Crippen LogP contribution is 2.47. The van der Waals surface area contributed by atoms with Crippen molar-refractivity contribution in [1.82, 2.24) is 30.0 Å². The monoisotopic (exact) mass is 967 g/mol. The average Bonchev–Trinajstić information content (AvgIpc) is 4.06. The molecule has 18 nitrogen and oxygen atoms in total. The molecule has 1 saturated carbocycles. The first kappa shape index (κ1) is 47.0. The molecule has 9 rings (SSSR count). The van der Waals surface area contributed by atoms with Crippen LogP contribution in [0.3, 0.4) is 0 Å². The van der Waals surface area contributed by atoms with E-state index in [0.29, 0.717) is 45.3 Å². The Labute approximate surface area is 399 Å². The fourth-order valence-corrected chi connectivity index (χ4v) is 10.7. The molecule has 3 saturated heterocycles. The Morgan fingerprint density at radius 1 is 0.882 bits per heavy atom. The highest BCUT2D eigenvalue weighted by atomic mass is 35.5. The number of imide groups is 2. The molecule has 1 aliphatic carbocycles. The molecule has 1 unspecified atom stereocenters. The van der Waals surface area contributed by atoms with Crippen molar-refractivity contribution in [3.05, 3.63) is 83.0 Å². The normalized spacial score (nSPS) is 19.9. The molecule has 1 aromatic heterocycles. The number of piperazine rings is 1. The van der Waals surface area contributed by atoms with Crippen molar-refractivity contribution in [2.24, 2.45) is 5.41 Å². The van der Waals surface area contributed by atoms with Gasteiger partial charge < -0.3 is 34.3 Å². The number of benzene rings is 3. The predicted molar refractivity (Wildman–Crippen MR) is 257 cm³/mol. The smallest absolute Gasteiger partial charge is 0.320 e. The van der Waals surface area contributed by atoms with Gasteiger partial charge >= 0.3 is 5.97 Å². The number of hydrogen-bond donors (Lipinski definition) is 3. The van der Waals surface area contributed by atoms with Gasteiger partial charge in [0.15, 0.2) is 5.82 Å². The van der Waals surface area contributed by atoms with Crippen LogP contribution in [0.5, 0.6) is 11.5 Å². The molecule has 4 amide bonds. The van der Waals surface area contributed by atoms with Gasteiger partial charge in [-0.05, 0) is 81.8 Å². The van der Waals surface area contributed by atoms with E-state index in [2.05, 4.69) is 46.7 Å². The van der Waals surface area contributed by atoms with Crippen molar-refractivity contribution in [1.29, 1.82) is 0 Å². The lowest BCUT2D eigenvalue weighted by Crippen LogP contribution is -2.54. The highest BCUT2D eigenvalue weighted by Gasteiger charge is 2.48. The number of halogens is 1. The molecule has 358 valence electrons. The van der Waals surface area contributed by atoms with E-state index in [1.54, 1.807) is 32.6 Å². The van der Waals surface area contributed by atoms with Gasteiger partial charge in [-0.25, -0.2) is 4.98 Å². The van der Waals surface area contributed by atoms with Gasteiger partial charge in [0.25, 0.3) is 11.8 Å². The molecular weight excluding hydrogens is 913 g/mol. The van der Waals surface area contributed by atoms with Gasteiger partial charge in [0.1, 0.15) is 36.3 Å². The van der Waals surface area contributed by atoms with E-state index in [1.165, 1.54) is 12.3 Å². The van der Waals surface area contributed by atoms with E-state index >= 15 is 0 Å². The SMILES string of the molecule is COc1cc(N2CCC(N3CCN(CC(=O)OCC4(COc5cccc6c5C(=O)N(C5CCC(=O)NC5=O)C6=O)CC4)CC3)CC2)ccc1Nc1ncc(Cl)c(Nc2ccccc2P(C)(C)=O)n1. The van der Waals surface area contributed by atoms with Crippen molar-refractivity contribution in [2.75, 3.05) is 95.0 Å². The molecule has 0 spiro atoms. The van der Waals surface area contributed by atoms with Crippen LogP contribution in [-0.4, -0.2) is 146 Å². The minimum absolute atomic E-state index is 0.0361. The summed E-state index contributed by atoms with van der Waals surface area (Å²) in [6, 6.07) is 17.6. The van der Waals surface area contributed by atoms with Crippen LogP contribution in [0.4, 0.5) is 28.8 Å². The second kappa shape index (κ2) is 19.5. The maximum atomic E-state index is 13.5. The molecule has 4 aliphatic heterocycles. The summed E-state index contributed by atoms with van der Waals surface area (Å²) in [5, 5.41) is 9.74. The molecule has 4 aromatic rings. The number of nitrogens with one attached hydrogen (secondary N) is 3. The number of esters is 1. The first-order valence-electron chi connectivity index (χ1n) is 22.9. The van der Waals surface area contributed by atoms with E-state index in [1.807, 2.05) is 36.4 Å². The van der Waals surface area contributed by atoms with Gasteiger partial charge in [-0.3, -0.25) is 44.0 Å². The zero-order chi connectivity index (χ0) is 47.7. The summed E-state index contributed by atoms with van der Waals surface area (Å²) in [4.78, 5) is 80.9. The van der Waals surface area contributed by atoms with Crippen molar-refractivity contribution >= 4 is 82.5 Å². The number of fused-ring (bicyclic) bond motifs is 1. The van der Waals surface area contributed by atoms with Crippen LogP contribution in [0.25, 0.3) is 0 Å². The highest BCUT2D eigenvalue weighted by molar-refractivity contribution is 7.70. The van der Waals surface area contributed by atoms with E-state index in [0.717, 1.165) is 75.5 Å². The summed E-state index contributed by atoms with van der Waals surface area (Å²) in [5.41, 5.74) is 2.29. The summed E-state index contributed by atoms with van der Waals surface area (Å²) in [6.07, 6.45) is 5.21. The lowest BCUT2D eigenvalue weighted by atomic mass is 10.0. The molecule has 0 bridgehead atoms. The summed E-state index contributed by atoms with van der Waals surface area (Å²) in [5.74, 6) is -1.03. The Morgan fingerprint density at radius 3 is 2.37 bits per heavy atom. The maximum absolute atomic E-state index is 13.5. The van der Waals surface area contributed by atoms with E-state index in [4.69, 9.17) is 25.8 Å². The minimum Gasteiger partial charge on any atom is -0.494 e. The average molecular weight is 968 g/mol. The molecular formula is C48H55ClN9O9P. The largest absolute Gasteiger partial charge is 0.494 e. The number of para-hydroxylation sites is 1. The number of nitrogens with zero attached hydrogens (tertiary/aromatic N) is 6. The topological polar surface area (TPSA) is 205 Å². The number of rotatable bonds is 16. The number of piperidine rings is 2. The van der Waals surface area contributed by atoms with Crippen LogP contribution in [0.1, 0.15) is 59.2 Å². The predicted octanol–water partition coefficient (Wildman–Crippen LogP) is 5.26. The summed E-state index contributed by atoms with van der Waals surface area (Å²) in [6.45, 7) is 9.07. The summed E-state index contributed by atoms with van der Waals surface area (Å²) in [7, 11) is -0.937. The Bertz CT molecular complexity index is 2680. The number of aromatic nitrogens is 2. The lowest BCUT2D eigenvalue weighted by Gasteiger charge is -2.43. The molecule has 4 fully saturated rings. The third-order valence-corrected chi connectivity index (χ3v) is 15.3. The summed E-state index contributed by atoms with van der Waals surface area (Å²) >= 11 is 6.48. The minimum atomic E-state index is -2.57. The van der Waals surface area contributed by atoms with E-state index < -0.39 is 36.8 Å². The molecule has 1 atom stereocenters. The number of ether oxygens (including phenoxy) is 3. The van der Waals surface area contributed by atoms with Gasteiger partial charge in [-0.2, -0.15) is 4.98 Å². The molecule has 3 N–H and O–H groups in total. The number of carbonyl (C=O) groups is 5. The number of methoxy groups -OCH3 is 1. The number of carbonyl (C=O) groups excluding carboxylic acids is 5. The molecule has 20 heteroatoms. The van der Waals surface area contributed by atoms with Crippen LogP contribution in [0.15, 0.2) is 66.9 Å². The molecule has 5 heterocycles. The van der Waals surface area contributed by atoms with Gasteiger partial charge in [0.2, 0.25) is 17.8 Å². The Kier molecular flexibility index (Phi) is 13.5. The number of hydrogen-bond acceptors (Lipinski definition) is 16. The van der Waals surface area contributed by atoms with Gasteiger partial charge in [0.05, 0.1) is 49.0 Å².